The van der Waals surface area contributed by atoms with Crippen LogP contribution in [0.4, 0.5) is 23.5 Å². The van der Waals surface area contributed by atoms with E-state index in [-0.39, 0.29) is 48.9 Å². The number of rotatable bonds is 8. The number of allylic oxidation sites excluding steroid dienone is 2. The van der Waals surface area contributed by atoms with Gasteiger partial charge in [0.15, 0.2) is 17.4 Å². The number of nitrogens with zero attached hydrogens (tertiary/aromatic N) is 3. The highest BCUT2D eigenvalue weighted by Gasteiger charge is 2.35. The Bertz CT molecular complexity index is 990. The number of Topliss-reactive ketones (excluding diaryl/α,β-unsaturated/α-hetero) is 1. The molecule has 0 amide bonds. The number of aromatic nitrogens is 3. The molecule has 2 aromatic rings. The van der Waals surface area contributed by atoms with E-state index in [1.54, 1.807) is 19.2 Å². The first-order chi connectivity index (χ1) is 15.2. The SMILES string of the molecule is COc1ccc(CNc2nc(CC[C@H](C)C(F)(F)F)nc(C3=C(F)C(=O)CCC3)n2)cc1. The summed E-state index contributed by atoms with van der Waals surface area (Å²) in [5.74, 6) is -2.14. The molecule has 1 atom stereocenters. The fraction of sp³-hybridized carbons (Fsp3) is 0.455. The van der Waals surface area contributed by atoms with Crippen LogP contribution in [-0.4, -0.2) is 34.0 Å². The lowest BCUT2D eigenvalue weighted by Gasteiger charge is -2.17. The Morgan fingerprint density at radius 1 is 1.12 bits per heavy atom. The van der Waals surface area contributed by atoms with Crippen LogP contribution in [0.3, 0.4) is 0 Å². The lowest BCUT2D eigenvalue weighted by Crippen LogP contribution is -2.21. The van der Waals surface area contributed by atoms with Gasteiger partial charge in [-0.05, 0) is 37.0 Å². The molecule has 0 aliphatic heterocycles. The number of ether oxygens (including phenoxy) is 1. The van der Waals surface area contributed by atoms with Crippen molar-refractivity contribution in [1.82, 2.24) is 15.0 Å². The van der Waals surface area contributed by atoms with E-state index in [2.05, 4.69) is 20.3 Å². The van der Waals surface area contributed by atoms with Crippen molar-refractivity contribution in [2.24, 2.45) is 5.92 Å². The average Bonchev–Trinajstić information content (AvgIpc) is 2.77. The van der Waals surface area contributed by atoms with Crippen LogP contribution < -0.4 is 10.1 Å². The number of aryl methyl sites for hydroxylation is 1. The molecule has 0 fully saturated rings. The Morgan fingerprint density at radius 2 is 1.84 bits per heavy atom. The number of benzene rings is 1. The highest BCUT2D eigenvalue weighted by molar-refractivity contribution is 6.01. The van der Waals surface area contributed by atoms with Gasteiger partial charge in [0.05, 0.1) is 13.0 Å². The van der Waals surface area contributed by atoms with Gasteiger partial charge in [-0.25, -0.2) is 9.37 Å². The number of halogens is 4. The minimum Gasteiger partial charge on any atom is -0.497 e. The Hall–Kier alpha value is -3.04. The standard InChI is InChI=1S/C22H24F4N4O2/c1-13(22(24,25)26)6-11-18-28-20(16-4-3-5-17(31)19(16)23)30-21(29-18)27-12-14-7-9-15(32-2)10-8-14/h7-10,13H,3-6,11-12H2,1-2H3,(H,27,28,29,30)/t13-/m0/s1. The van der Waals surface area contributed by atoms with Gasteiger partial charge >= 0.3 is 6.18 Å². The molecule has 172 valence electrons. The van der Waals surface area contributed by atoms with E-state index in [0.717, 1.165) is 12.5 Å². The average molecular weight is 452 g/mol. The van der Waals surface area contributed by atoms with Gasteiger partial charge in [0.25, 0.3) is 0 Å². The number of carbonyl (C=O) groups is 1. The van der Waals surface area contributed by atoms with Crippen molar-refractivity contribution in [1.29, 1.82) is 0 Å². The molecule has 0 bridgehead atoms. The zero-order valence-electron chi connectivity index (χ0n) is 17.8. The van der Waals surface area contributed by atoms with Crippen molar-refractivity contribution >= 4 is 17.3 Å². The number of ketones is 1. The number of hydrogen-bond acceptors (Lipinski definition) is 6. The Kier molecular flexibility index (Phi) is 7.42. The number of methoxy groups -OCH3 is 1. The second-order valence-corrected chi connectivity index (χ2v) is 7.65. The summed E-state index contributed by atoms with van der Waals surface area (Å²) in [6.07, 6.45) is -3.75. The van der Waals surface area contributed by atoms with E-state index < -0.39 is 23.7 Å². The van der Waals surface area contributed by atoms with Crippen LogP contribution in [0.15, 0.2) is 30.1 Å². The molecule has 1 aromatic heterocycles. The molecule has 0 saturated heterocycles. The lowest BCUT2D eigenvalue weighted by atomic mass is 9.97. The molecule has 1 aromatic carbocycles. The van der Waals surface area contributed by atoms with Gasteiger partial charge < -0.3 is 10.1 Å². The third kappa shape index (κ3) is 6.02. The molecule has 0 spiro atoms. The minimum absolute atomic E-state index is 0.0163. The first-order valence-electron chi connectivity index (χ1n) is 10.3. The minimum atomic E-state index is -4.32. The summed E-state index contributed by atoms with van der Waals surface area (Å²) in [5.41, 5.74) is 0.958. The van der Waals surface area contributed by atoms with Crippen molar-refractivity contribution in [3.63, 3.8) is 0 Å². The molecule has 1 aliphatic rings. The van der Waals surface area contributed by atoms with E-state index >= 15 is 0 Å². The van der Waals surface area contributed by atoms with Gasteiger partial charge in [0.1, 0.15) is 11.6 Å². The molecule has 1 heterocycles. The van der Waals surface area contributed by atoms with Gasteiger partial charge in [0, 0.05) is 25.0 Å². The van der Waals surface area contributed by atoms with Crippen LogP contribution in [0.2, 0.25) is 0 Å². The number of alkyl halides is 3. The zero-order valence-corrected chi connectivity index (χ0v) is 17.8. The van der Waals surface area contributed by atoms with Gasteiger partial charge in [-0.2, -0.15) is 23.1 Å². The van der Waals surface area contributed by atoms with Crippen LogP contribution in [0, 0.1) is 5.92 Å². The van der Waals surface area contributed by atoms with Gasteiger partial charge in [-0.15, -0.1) is 0 Å². The largest absolute Gasteiger partial charge is 0.497 e. The molecule has 6 nitrogen and oxygen atoms in total. The Balaban J connectivity index is 1.85. The maximum atomic E-state index is 14.4. The summed E-state index contributed by atoms with van der Waals surface area (Å²) in [6.45, 7) is 1.42. The number of nitrogens with one attached hydrogen (secondary N) is 1. The van der Waals surface area contributed by atoms with E-state index in [4.69, 9.17) is 4.74 Å². The predicted molar refractivity (Wildman–Crippen MR) is 111 cm³/mol. The summed E-state index contributed by atoms with van der Waals surface area (Å²) in [4.78, 5) is 24.4. The number of anilines is 1. The van der Waals surface area contributed by atoms with Crippen molar-refractivity contribution in [3.05, 3.63) is 47.3 Å². The monoisotopic (exact) mass is 452 g/mol. The topological polar surface area (TPSA) is 77.0 Å². The van der Waals surface area contributed by atoms with Crippen molar-refractivity contribution in [3.8, 4) is 5.75 Å². The maximum Gasteiger partial charge on any atom is 0.391 e. The zero-order chi connectivity index (χ0) is 23.3. The fourth-order valence-electron chi connectivity index (χ4n) is 3.20. The number of hydrogen-bond donors (Lipinski definition) is 1. The van der Waals surface area contributed by atoms with Crippen LogP contribution in [0.5, 0.6) is 5.75 Å². The molecule has 0 saturated carbocycles. The van der Waals surface area contributed by atoms with Gasteiger partial charge in [-0.1, -0.05) is 19.1 Å². The Morgan fingerprint density at radius 3 is 2.50 bits per heavy atom. The van der Waals surface area contributed by atoms with Gasteiger partial charge in [-0.3, -0.25) is 4.79 Å². The third-order valence-electron chi connectivity index (χ3n) is 5.26. The molecule has 0 unspecified atom stereocenters. The van der Waals surface area contributed by atoms with Crippen LogP contribution in [0.1, 0.15) is 49.8 Å². The smallest absolute Gasteiger partial charge is 0.391 e. The highest BCUT2D eigenvalue weighted by Crippen LogP contribution is 2.31. The molecule has 10 heteroatoms. The summed E-state index contributed by atoms with van der Waals surface area (Å²) >= 11 is 0. The van der Waals surface area contributed by atoms with Crippen molar-refractivity contribution in [2.45, 2.75) is 51.7 Å². The normalized spacial score (nSPS) is 15.6. The fourth-order valence-corrected chi connectivity index (χ4v) is 3.20. The molecular weight excluding hydrogens is 428 g/mol. The first kappa shape index (κ1) is 23.6. The summed E-state index contributed by atoms with van der Waals surface area (Å²) < 4.78 is 58.2. The van der Waals surface area contributed by atoms with Crippen LogP contribution in [0.25, 0.3) is 5.57 Å². The third-order valence-corrected chi connectivity index (χ3v) is 5.26. The van der Waals surface area contributed by atoms with Crippen LogP contribution >= 0.6 is 0 Å². The molecular formula is C22H24F4N4O2. The van der Waals surface area contributed by atoms with Crippen molar-refractivity contribution < 1.29 is 27.1 Å². The first-order valence-corrected chi connectivity index (χ1v) is 10.3. The number of carbonyl (C=O) groups excluding carboxylic acids is 1. The summed E-state index contributed by atoms with van der Waals surface area (Å²) in [7, 11) is 1.56. The maximum absolute atomic E-state index is 14.4. The summed E-state index contributed by atoms with van der Waals surface area (Å²) in [5, 5.41) is 3.01. The molecule has 3 rings (SSSR count). The van der Waals surface area contributed by atoms with E-state index in [9.17, 15) is 22.4 Å². The van der Waals surface area contributed by atoms with E-state index in [0.29, 0.717) is 18.7 Å². The van der Waals surface area contributed by atoms with Gasteiger partial charge in [0.2, 0.25) is 5.95 Å². The predicted octanol–water partition coefficient (Wildman–Crippen LogP) is 5.06. The molecule has 1 N–H and O–H groups in total. The summed E-state index contributed by atoms with van der Waals surface area (Å²) in [6, 6.07) is 7.24. The second kappa shape index (κ2) is 10.1. The quantitative estimate of drug-likeness (QED) is 0.565. The van der Waals surface area contributed by atoms with Crippen molar-refractivity contribution in [2.75, 3.05) is 12.4 Å². The van der Waals surface area contributed by atoms with E-state index in [1.165, 1.54) is 0 Å². The highest BCUT2D eigenvalue weighted by atomic mass is 19.4. The molecule has 1 aliphatic carbocycles. The molecule has 32 heavy (non-hydrogen) atoms. The molecule has 0 radical (unpaired) electrons. The second-order valence-electron chi connectivity index (χ2n) is 7.65. The Labute approximate surface area is 183 Å². The van der Waals surface area contributed by atoms with Crippen LogP contribution in [-0.2, 0) is 17.8 Å². The lowest BCUT2D eigenvalue weighted by molar-refractivity contribution is -0.171. The van der Waals surface area contributed by atoms with E-state index in [1.807, 2.05) is 12.1 Å².